The normalized spacial score (nSPS) is 18.1. The Kier molecular flexibility index (Phi) is 6.51. The number of sulfonamides is 1. The molecule has 1 N–H and O–H groups in total. The highest BCUT2D eigenvalue weighted by molar-refractivity contribution is 7.89. The van der Waals surface area contributed by atoms with Gasteiger partial charge in [-0.25, -0.2) is 8.42 Å². The molecular weight excluding hydrogens is 348 g/mol. The second-order valence-electron chi connectivity index (χ2n) is 8.01. The van der Waals surface area contributed by atoms with Crippen LogP contribution >= 0.6 is 0 Å². The molecule has 0 aliphatic carbocycles. The van der Waals surface area contributed by atoms with Crippen molar-refractivity contribution in [2.45, 2.75) is 65.3 Å². The number of carbonyl (C=O) groups excluding carboxylic acids is 1. The van der Waals surface area contributed by atoms with Gasteiger partial charge < -0.3 is 5.32 Å². The van der Waals surface area contributed by atoms with E-state index in [4.69, 9.17) is 0 Å². The van der Waals surface area contributed by atoms with Crippen molar-refractivity contribution in [1.82, 2.24) is 9.62 Å². The Morgan fingerprint density at radius 1 is 1.15 bits per heavy atom. The Balaban J connectivity index is 2.37. The monoisotopic (exact) mass is 380 g/mol. The molecule has 1 aliphatic heterocycles. The van der Waals surface area contributed by atoms with Crippen LogP contribution in [0.5, 0.6) is 0 Å². The van der Waals surface area contributed by atoms with E-state index in [1.54, 1.807) is 10.4 Å². The van der Waals surface area contributed by atoms with Gasteiger partial charge in [0, 0.05) is 24.7 Å². The summed E-state index contributed by atoms with van der Waals surface area (Å²) in [6, 6.07) is 3.33. The van der Waals surface area contributed by atoms with Gasteiger partial charge in [-0.1, -0.05) is 20.8 Å². The zero-order valence-corrected chi connectivity index (χ0v) is 17.6. The molecule has 0 bridgehead atoms. The molecule has 5 nitrogen and oxygen atoms in total. The SMILES string of the molecule is Cc1cc(C(=O)NC(C)C(C)C)cc(S(=O)(=O)N2CCC(C)CC2)c1C. The first-order chi connectivity index (χ1) is 12.0. The van der Waals surface area contributed by atoms with Crippen LogP contribution in [0.2, 0.25) is 0 Å². The molecule has 1 saturated heterocycles. The highest BCUT2D eigenvalue weighted by Crippen LogP contribution is 2.28. The van der Waals surface area contributed by atoms with E-state index < -0.39 is 10.0 Å². The van der Waals surface area contributed by atoms with Gasteiger partial charge in [0.25, 0.3) is 5.91 Å². The first kappa shape index (κ1) is 20.9. The minimum absolute atomic E-state index is 0.0211. The fourth-order valence-corrected chi connectivity index (χ4v) is 4.84. The van der Waals surface area contributed by atoms with Crippen LogP contribution in [0.3, 0.4) is 0 Å². The summed E-state index contributed by atoms with van der Waals surface area (Å²) in [5.74, 6) is 0.640. The molecule has 6 heteroatoms. The Morgan fingerprint density at radius 2 is 1.73 bits per heavy atom. The quantitative estimate of drug-likeness (QED) is 0.850. The Labute approximate surface area is 158 Å². The standard InChI is InChI=1S/C20H32N2O3S/c1-13(2)17(6)21-20(23)18-11-15(4)16(5)19(12-18)26(24,25)22-9-7-14(3)8-10-22/h11-14,17H,7-10H2,1-6H3,(H,21,23). The van der Waals surface area contributed by atoms with Crippen molar-refractivity contribution in [1.29, 1.82) is 0 Å². The summed E-state index contributed by atoms with van der Waals surface area (Å²) < 4.78 is 27.9. The highest BCUT2D eigenvalue weighted by Gasteiger charge is 2.30. The molecule has 2 rings (SSSR count). The first-order valence-corrected chi connectivity index (χ1v) is 10.9. The molecule has 1 atom stereocenters. The third-order valence-corrected chi connectivity index (χ3v) is 7.63. The third kappa shape index (κ3) is 4.46. The summed E-state index contributed by atoms with van der Waals surface area (Å²) in [7, 11) is -3.59. The van der Waals surface area contributed by atoms with Crippen molar-refractivity contribution in [2.24, 2.45) is 11.8 Å². The van der Waals surface area contributed by atoms with Crippen LogP contribution in [0.25, 0.3) is 0 Å². The molecule has 1 unspecified atom stereocenters. The van der Waals surface area contributed by atoms with Crippen LogP contribution in [-0.4, -0.2) is 37.8 Å². The topological polar surface area (TPSA) is 66.5 Å². The molecular formula is C20H32N2O3S. The highest BCUT2D eigenvalue weighted by atomic mass is 32.2. The summed E-state index contributed by atoms with van der Waals surface area (Å²) in [6.07, 6.45) is 1.76. The number of amides is 1. The Morgan fingerprint density at radius 3 is 2.27 bits per heavy atom. The van der Waals surface area contributed by atoms with Gasteiger partial charge in [-0.2, -0.15) is 4.31 Å². The van der Waals surface area contributed by atoms with E-state index in [0.717, 1.165) is 24.0 Å². The fourth-order valence-electron chi connectivity index (χ4n) is 3.05. The van der Waals surface area contributed by atoms with E-state index in [-0.39, 0.29) is 16.8 Å². The van der Waals surface area contributed by atoms with Crippen molar-refractivity contribution in [3.8, 4) is 0 Å². The predicted molar refractivity (Wildman–Crippen MR) is 105 cm³/mol. The Hall–Kier alpha value is -1.40. The van der Waals surface area contributed by atoms with Crippen molar-refractivity contribution in [2.75, 3.05) is 13.1 Å². The molecule has 1 aliphatic rings. The number of hydrogen-bond acceptors (Lipinski definition) is 3. The van der Waals surface area contributed by atoms with E-state index in [0.29, 0.717) is 30.5 Å². The van der Waals surface area contributed by atoms with Crippen LogP contribution in [-0.2, 0) is 10.0 Å². The molecule has 0 saturated carbocycles. The molecule has 1 amide bonds. The van der Waals surface area contributed by atoms with Crippen molar-refractivity contribution < 1.29 is 13.2 Å². The number of aryl methyl sites for hydroxylation is 1. The summed E-state index contributed by atoms with van der Waals surface area (Å²) >= 11 is 0. The number of hydrogen-bond donors (Lipinski definition) is 1. The zero-order chi connectivity index (χ0) is 19.6. The van der Waals surface area contributed by atoms with Gasteiger partial charge in [-0.05, 0) is 68.7 Å². The molecule has 146 valence electrons. The molecule has 26 heavy (non-hydrogen) atoms. The van der Waals surface area contributed by atoms with Gasteiger partial charge in [0.1, 0.15) is 0 Å². The van der Waals surface area contributed by atoms with Crippen LogP contribution in [0, 0.1) is 25.7 Å². The largest absolute Gasteiger partial charge is 0.349 e. The number of rotatable bonds is 5. The van der Waals surface area contributed by atoms with Gasteiger partial charge in [0.15, 0.2) is 0 Å². The molecule has 0 aromatic heterocycles. The van der Waals surface area contributed by atoms with Crippen LogP contribution in [0.15, 0.2) is 17.0 Å². The predicted octanol–water partition coefficient (Wildman–Crippen LogP) is 3.50. The van der Waals surface area contributed by atoms with E-state index in [9.17, 15) is 13.2 Å². The summed E-state index contributed by atoms with van der Waals surface area (Å²) in [4.78, 5) is 12.9. The Bertz CT molecular complexity index is 764. The van der Waals surface area contributed by atoms with Crippen LogP contribution < -0.4 is 5.32 Å². The van der Waals surface area contributed by atoms with Crippen molar-refractivity contribution >= 4 is 15.9 Å². The molecule has 0 radical (unpaired) electrons. The van der Waals surface area contributed by atoms with Crippen LogP contribution in [0.1, 0.15) is 62.0 Å². The lowest BCUT2D eigenvalue weighted by molar-refractivity contribution is 0.0930. The summed E-state index contributed by atoms with van der Waals surface area (Å²) in [6.45, 7) is 12.9. The van der Waals surface area contributed by atoms with Gasteiger partial charge in [0.05, 0.1) is 4.90 Å². The lowest BCUT2D eigenvalue weighted by Crippen LogP contribution is -2.39. The average molecular weight is 381 g/mol. The van der Waals surface area contributed by atoms with Gasteiger partial charge in [0.2, 0.25) is 10.0 Å². The smallest absolute Gasteiger partial charge is 0.251 e. The maximum Gasteiger partial charge on any atom is 0.251 e. The first-order valence-electron chi connectivity index (χ1n) is 9.46. The average Bonchev–Trinajstić information content (AvgIpc) is 2.57. The number of piperidine rings is 1. The summed E-state index contributed by atoms with van der Waals surface area (Å²) in [5.41, 5.74) is 1.94. The van der Waals surface area contributed by atoms with Crippen molar-refractivity contribution in [3.63, 3.8) is 0 Å². The second kappa shape index (κ2) is 8.09. The van der Waals surface area contributed by atoms with Crippen LogP contribution in [0.4, 0.5) is 0 Å². The molecule has 0 spiro atoms. The molecule has 1 fully saturated rings. The van der Waals surface area contributed by atoms with E-state index >= 15 is 0 Å². The molecule has 1 aromatic carbocycles. The van der Waals surface area contributed by atoms with Crippen molar-refractivity contribution in [3.05, 3.63) is 28.8 Å². The summed E-state index contributed by atoms with van der Waals surface area (Å²) in [5, 5.41) is 2.96. The number of nitrogens with zero attached hydrogens (tertiary/aromatic N) is 1. The third-order valence-electron chi connectivity index (χ3n) is 5.60. The van der Waals surface area contributed by atoms with Gasteiger partial charge >= 0.3 is 0 Å². The lowest BCUT2D eigenvalue weighted by Gasteiger charge is -2.30. The number of nitrogens with one attached hydrogen (secondary N) is 1. The maximum atomic E-state index is 13.2. The minimum atomic E-state index is -3.59. The fraction of sp³-hybridized carbons (Fsp3) is 0.650. The van der Waals surface area contributed by atoms with E-state index in [1.165, 1.54) is 6.07 Å². The lowest BCUT2D eigenvalue weighted by atomic mass is 10.0. The van der Waals surface area contributed by atoms with E-state index in [1.807, 2.05) is 34.6 Å². The van der Waals surface area contributed by atoms with Gasteiger partial charge in [-0.15, -0.1) is 0 Å². The zero-order valence-electron chi connectivity index (χ0n) is 16.8. The minimum Gasteiger partial charge on any atom is -0.349 e. The van der Waals surface area contributed by atoms with Gasteiger partial charge in [-0.3, -0.25) is 4.79 Å². The number of carbonyl (C=O) groups is 1. The second-order valence-corrected chi connectivity index (χ2v) is 9.92. The van der Waals surface area contributed by atoms with E-state index in [2.05, 4.69) is 12.2 Å². The molecule has 1 aromatic rings. The number of benzene rings is 1. The maximum absolute atomic E-state index is 13.2. The molecule has 1 heterocycles.